The second-order valence-electron chi connectivity index (χ2n) is 4.29. The number of carbonyl (C=O) groups is 1. The van der Waals surface area contributed by atoms with Crippen molar-refractivity contribution in [2.45, 2.75) is 12.0 Å². The van der Waals surface area contributed by atoms with E-state index in [1.54, 1.807) is 0 Å². The van der Waals surface area contributed by atoms with Gasteiger partial charge in [-0.1, -0.05) is 60.7 Å². The van der Waals surface area contributed by atoms with E-state index >= 15 is 0 Å². The molecule has 1 fully saturated rings. The zero-order valence-corrected chi connectivity index (χ0v) is 9.34. The van der Waals surface area contributed by atoms with Gasteiger partial charge in [-0.25, -0.2) is 0 Å². The molecule has 3 rings (SSSR count). The van der Waals surface area contributed by atoms with Gasteiger partial charge in [0.05, 0.1) is 12.0 Å². The molecule has 2 nitrogen and oxygen atoms in total. The average molecular weight is 223 g/mol. The summed E-state index contributed by atoms with van der Waals surface area (Å²) in [5, 5.41) is 2.97. The highest BCUT2D eigenvalue weighted by atomic mass is 16.2. The van der Waals surface area contributed by atoms with Crippen LogP contribution in [0.3, 0.4) is 0 Å². The molecule has 1 aliphatic rings. The van der Waals surface area contributed by atoms with Crippen LogP contribution in [0.4, 0.5) is 0 Å². The molecule has 0 saturated carbocycles. The third kappa shape index (κ3) is 1.72. The van der Waals surface area contributed by atoms with Crippen molar-refractivity contribution in [2.24, 2.45) is 0 Å². The Kier molecular flexibility index (Phi) is 2.41. The molecule has 0 bridgehead atoms. The summed E-state index contributed by atoms with van der Waals surface area (Å²) in [6.45, 7) is 0. The largest absolute Gasteiger partial charge is 0.348 e. The number of carbonyl (C=O) groups excluding carboxylic acids is 1. The van der Waals surface area contributed by atoms with E-state index in [1.165, 1.54) is 5.56 Å². The molecule has 1 saturated heterocycles. The van der Waals surface area contributed by atoms with Crippen LogP contribution in [0.25, 0.3) is 0 Å². The standard InChI is InChI=1S/C15H13NO/c17-15-13(11-7-3-1-4-8-11)14(16-15)12-9-5-2-6-10-12/h1-10,13-14H,(H,16,17). The van der Waals surface area contributed by atoms with E-state index in [-0.39, 0.29) is 17.9 Å². The van der Waals surface area contributed by atoms with Crippen LogP contribution in [0, 0.1) is 0 Å². The highest BCUT2D eigenvalue weighted by molar-refractivity contribution is 5.91. The van der Waals surface area contributed by atoms with Crippen LogP contribution in [0.5, 0.6) is 0 Å². The Balaban J connectivity index is 1.92. The summed E-state index contributed by atoms with van der Waals surface area (Å²) in [4.78, 5) is 11.7. The summed E-state index contributed by atoms with van der Waals surface area (Å²) in [5.74, 6) is 0.0728. The fourth-order valence-corrected chi connectivity index (χ4v) is 2.32. The monoisotopic (exact) mass is 223 g/mol. The van der Waals surface area contributed by atoms with Gasteiger partial charge < -0.3 is 5.32 Å². The summed E-state index contributed by atoms with van der Waals surface area (Å²) in [6.07, 6.45) is 0. The average Bonchev–Trinajstić information content (AvgIpc) is 2.38. The summed E-state index contributed by atoms with van der Waals surface area (Å²) < 4.78 is 0. The van der Waals surface area contributed by atoms with Gasteiger partial charge in [-0.3, -0.25) is 4.79 Å². The number of amides is 1. The van der Waals surface area contributed by atoms with Gasteiger partial charge in [0.25, 0.3) is 0 Å². The van der Waals surface area contributed by atoms with Gasteiger partial charge >= 0.3 is 0 Å². The Morgan fingerprint density at radius 2 is 1.29 bits per heavy atom. The molecular weight excluding hydrogens is 210 g/mol. The highest BCUT2D eigenvalue weighted by Crippen LogP contribution is 2.38. The van der Waals surface area contributed by atoms with E-state index in [0.29, 0.717) is 0 Å². The topological polar surface area (TPSA) is 29.1 Å². The number of benzene rings is 2. The normalized spacial score (nSPS) is 22.7. The number of nitrogens with one attached hydrogen (secondary N) is 1. The Hall–Kier alpha value is -2.09. The van der Waals surface area contributed by atoms with Crippen LogP contribution in [-0.4, -0.2) is 5.91 Å². The molecule has 2 aromatic rings. The predicted octanol–water partition coefficient (Wildman–Crippen LogP) is 2.64. The molecule has 0 spiro atoms. The lowest BCUT2D eigenvalue weighted by atomic mass is 9.80. The first-order valence-corrected chi connectivity index (χ1v) is 5.76. The molecule has 2 unspecified atom stereocenters. The number of rotatable bonds is 2. The van der Waals surface area contributed by atoms with Gasteiger partial charge in [-0.2, -0.15) is 0 Å². The van der Waals surface area contributed by atoms with E-state index in [9.17, 15) is 4.79 Å². The van der Waals surface area contributed by atoms with Crippen molar-refractivity contribution in [3.05, 3.63) is 71.8 Å². The quantitative estimate of drug-likeness (QED) is 0.779. The number of hydrogen-bond donors (Lipinski definition) is 1. The van der Waals surface area contributed by atoms with Crippen molar-refractivity contribution in [3.8, 4) is 0 Å². The molecule has 1 heterocycles. The van der Waals surface area contributed by atoms with E-state index in [4.69, 9.17) is 0 Å². The summed E-state index contributed by atoms with van der Waals surface area (Å²) in [7, 11) is 0. The first-order chi connectivity index (χ1) is 8.36. The van der Waals surface area contributed by atoms with Crippen molar-refractivity contribution >= 4 is 5.91 Å². The summed E-state index contributed by atoms with van der Waals surface area (Å²) in [6, 6.07) is 20.2. The van der Waals surface area contributed by atoms with Gasteiger partial charge in [-0.15, -0.1) is 0 Å². The predicted molar refractivity (Wildman–Crippen MR) is 66.5 cm³/mol. The van der Waals surface area contributed by atoms with Crippen LogP contribution in [-0.2, 0) is 4.79 Å². The minimum atomic E-state index is -0.0430. The zero-order chi connectivity index (χ0) is 11.7. The molecule has 84 valence electrons. The SMILES string of the molecule is O=C1NC(c2ccccc2)C1c1ccccc1. The minimum Gasteiger partial charge on any atom is -0.348 e. The maximum absolute atomic E-state index is 11.7. The van der Waals surface area contributed by atoms with Crippen molar-refractivity contribution in [1.29, 1.82) is 0 Å². The second-order valence-corrected chi connectivity index (χ2v) is 4.29. The lowest BCUT2D eigenvalue weighted by Crippen LogP contribution is -2.49. The van der Waals surface area contributed by atoms with E-state index < -0.39 is 0 Å². The molecule has 0 aromatic heterocycles. The van der Waals surface area contributed by atoms with Crippen molar-refractivity contribution in [3.63, 3.8) is 0 Å². The first kappa shape index (κ1) is 10.1. The number of β-lactam (4-membered cyclic amide) rings is 1. The van der Waals surface area contributed by atoms with Gasteiger partial charge in [-0.05, 0) is 11.1 Å². The third-order valence-corrected chi connectivity index (χ3v) is 3.23. The fraction of sp³-hybridized carbons (Fsp3) is 0.133. The van der Waals surface area contributed by atoms with E-state index in [2.05, 4.69) is 17.4 Å². The van der Waals surface area contributed by atoms with E-state index in [1.807, 2.05) is 48.5 Å². The van der Waals surface area contributed by atoms with Crippen molar-refractivity contribution < 1.29 is 4.79 Å². The summed E-state index contributed by atoms with van der Waals surface area (Å²) >= 11 is 0. The van der Waals surface area contributed by atoms with Crippen molar-refractivity contribution in [1.82, 2.24) is 5.32 Å². The number of hydrogen-bond acceptors (Lipinski definition) is 1. The molecule has 1 N–H and O–H groups in total. The fourth-order valence-electron chi connectivity index (χ4n) is 2.32. The molecule has 0 aliphatic carbocycles. The Morgan fingerprint density at radius 1 is 0.765 bits per heavy atom. The summed E-state index contributed by atoms with van der Waals surface area (Å²) in [5.41, 5.74) is 2.26. The zero-order valence-electron chi connectivity index (χ0n) is 9.34. The Morgan fingerprint density at radius 3 is 1.82 bits per heavy atom. The lowest BCUT2D eigenvalue weighted by Gasteiger charge is -2.37. The van der Waals surface area contributed by atoms with Crippen LogP contribution in [0.15, 0.2) is 60.7 Å². The molecule has 1 aliphatic heterocycles. The minimum absolute atomic E-state index is 0.0430. The van der Waals surface area contributed by atoms with E-state index in [0.717, 1.165) is 5.56 Å². The molecule has 2 heteroatoms. The second kappa shape index (κ2) is 4.06. The Bertz CT molecular complexity index is 521. The molecule has 1 amide bonds. The van der Waals surface area contributed by atoms with Crippen LogP contribution < -0.4 is 5.32 Å². The Labute approximate surface area is 100 Å². The van der Waals surface area contributed by atoms with Crippen LogP contribution >= 0.6 is 0 Å². The van der Waals surface area contributed by atoms with Gasteiger partial charge in [0, 0.05) is 0 Å². The maximum atomic E-state index is 11.7. The lowest BCUT2D eigenvalue weighted by molar-refractivity contribution is -0.130. The van der Waals surface area contributed by atoms with Gasteiger partial charge in [0.1, 0.15) is 0 Å². The first-order valence-electron chi connectivity index (χ1n) is 5.76. The molecule has 0 radical (unpaired) electrons. The van der Waals surface area contributed by atoms with Gasteiger partial charge in [0.2, 0.25) is 5.91 Å². The molecule has 2 aromatic carbocycles. The maximum Gasteiger partial charge on any atom is 0.230 e. The van der Waals surface area contributed by atoms with Gasteiger partial charge in [0.15, 0.2) is 0 Å². The van der Waals surface area contributed by atoms with Crippen LogP contribution in [0.1, 0.15) is 23.1 Å². The van der Waals surface area contributed by atoms with Crippen molar-refractivity contribution in [2.75, 3.05) is 0 Å². The molecule has 17 heavy (non-hydrogen) atoms. The smallest absolute Gasteiger partial charge is 0.230 e. The molecule has 2 atom stereocenters. The third-order valence-electron chi connectivity index (χ3n) is 3.23. The highest BCUT2D eigenvalue weighted by Gasteiger charge is 2.40. The van der Waals surface area contributed by atoms with Crippen LogP contribution in [0.2, 0.25) is 0 Å². The molecular formula is C15H13NO.